The van der Waals surface area contributed by atoms with Crippen molar-refractivity contribution in [2.45, 2.75) is 63.7 Å². The minimum Gasteiger partial charge on any atom is -0.491 e. The van der Waals surface area contributed by atoms with Gasteiger partial charge in [-0.25, -0.2) is 8.42 Å². The molecule has 1 heterocycles. The highest BCUT2D eigenvalue weighted by Gasteiger charge is 2.30. The van der Waals surface area contributed by atoms with Crippen LogP contribution < -0.4 is 4.74 Å². The van der Waals surface area contributed by atoms with Crippen molar-refractivity contribution in [2.24, 2.45) is 0 Å². The zero-order valence-corrected chi connectivity index (χ0v) is 15.2. The average Bonchev–Trinajstić information content (AvgIpc) is 2.47. The van der Waals surface area contributed by atoms with E-state index in [1.807, 2.05) is 27.7 Å². The predicted molar refractivity (Wildman–Crippen MR) is 90.2 cm³/mol. The van der Waals surface area contributed by atoms with Crippen LogP contribution in [-0.4, -0.2) is 44.1 Å². The van der Waals surface area contributed by atoms with Crippen molar-refractivity contribution in [2.75, 3.05) is 13.1 Å². The molecule has 0 N–H and O–H groups in total. The molecule has 0 aliphatic carbocycles. The molecule has 1 aliphatic heterocycles. The number of benzene rings is 1. The van der Waals surface area contributed by atoms with Crippen molar-refractivity contribution in [3.63, 3.8) is 0 Å². The highest BCUT2D eigenvalue weighted by atomic mass is 32.2. The van der Waals surface area contributed by atoms with Gasteiger partial charge in [0.1, 0.15) is 5.75 Å². The summed E-state index contributed by atoms with van der Waals surface area (Å²) in [5.41, 5.74) is 0. The van der Waals surface area contributed by atoms with Gasteiger partial charge in [-0.3, -0.25) is 0 Å². The van der Waals surface area contributed by atoms with E-state index >= 15 is 0 Å². The molecule has 0 amide bonds. The molecule has 1 aromatic carbocycles. The van der Waals surface area contributed by atoms with Crippen LogP contribution in [0.15, 0.2) is 29.2 Å². The number of nitrogens with zero attached hydrogens (tertiary/aromatic N) is 1. The fourth-order valence-corrected chi connectivity index (χ4v) is 4.17. The third kappa shape index (κ3) is 4.93. The van der Waals surface area contributed by atoms with E-state index in [2.05, 4.69) is 0 Å². The fourth-order valence-electron chi connectivity index (χ4n) is 2.70. The lowest BCUT2D eigenvalue weighted by atomic mass is 10.1. The van der Waals surface area contributed by atoms with Crippen LogP contribution in [0.4, 0.5) is 0 Å². The molecule has 0 bridgehead atoms. The summed E-state index contributed by atoms with van der Waals surface area (Å²) in [4.78, 5) is 0.317. The molecular formula is C17H27NO4S. The Morgan fingerprint density at radius 2 is 1.57 bits per heavy atom. The van der Waals surface area contributed by atoms with Crippen LogP contribution in [0.25, 0.3) is 0 Å². The topological polar surface area (TPSA) is 55.8 Å². The van der Waals surface area contributed by atoms with Gasteiger partial charge in [0, 0.05) is 13.1 Å². The molecule has 1 aliphatic rings. The highest BCUT2D eigenvalue weighted by Crippen LogP contribution is 2.24. The molecule has 1 fully saturated rings. The van der Waals surface area contributed by atoms with Gasteiger partial charge < -0.3 is 9.47 Å². The summed E-state index contributed by atoms with van der Waals surface area (Å²) in [7, 11) is -3.44. The maximum absolute atomic E-state index is 12.7. The van der Waals surface area contributed by atoms with Crippen LogP contribution in [0.5, 0.6) is 5.75 Å². The van der Waals surface area contributed by atoms with E-state index in [-0.39, 0.29) is 18.3 Å². The van der Waals surface area contributed by atoms with Crippen LogP contribution in [0, 0.1) is 0 Å². The Morgan fingerprint density at radius 1 is 1.00 bits per heavy atom. The summed E-state index contributed by atoms with van der Waals surface area (Å²) in [6.45, 7) is 8.89. The number of sulfonamides is 1. The number of piperidine rings is 1. The van der Waals surface area contributed by atoms with Gasteiger partial charge in [-0.1, -0.05) is 0 Å². The van der Waals surface area contributed by atoms with Gasteiger partial charge in [0.05, 0.1) is 23.2 Å². The average molecular weight is 341 g/mol. The molecule has 0 radical (unpaired) electrons. The normalized spacial score (nSPS) is 17.8. The fraction of sp³-hybridized carbons (Fsp3) is 0.647. The molecule has 1 aromatic rings. The van der Waals surface area contributed by atoms with E-state index in [1.165, 1.54) is 0 Å². The third-order valence-electron chi connectivity index (χ3n) is 3.70. The zero-order valence-electron chi connectivity index (χ0n) is 14.4. The molecule has 130 valence electrons. The monoisotopic (exact) mass is 341 g/mol. The van der Waals surface area contributed by atoms with Crippen LogP contribution in [0.1, 0.15) is 40.5 Å². The first kappa shape index (κ1) is 18.2. The summed E-state index contributed by atoms with van der Waals surface area (Å²) in [6, 6.07) is 6.65. The lowest BCUT2D eigenvalue weighted by Gasteiger charge is -2.32. The molecule has 0 atom stereocenters. The molecule has 0 spiro atoms. The number of hydrogen-bond donors (Lipinski definition) is 0. The van der Waals surface area contributed by atoms with E-state index in [4.69, 9.17) is 9.47 Å². The predicted octanol–water partition coefficient (Wildman–Crippen LogP) is 3.05. The summed E-state index contributed by atoms with van der Waals surface area (Å²) in [5.74, 6) is 0.683. The van der Waals surface area contributed by atoms with Crippen LogP contribution in [-0.2, 0) is 14.8 Å². The Bertz CT molecular complexity index is 588. The van der Waals surface area contributed by atoms with Gasteiger partial charge in [0.2, 0.25) is 10.0 Å². The minimum atomic E-state index is -3.44. The van der Waals surface area contributed by atoms with Crippen molar-refractivity contribution in [1.82, 2.24) is 4.31 Å². The standard InChI is InChI=1S/C17H27NO4S/c1-13(2)21-15-5-7-17(8-6-15)23(19,20)18-11-9-16(10-12-18)22-14(3)4/h5-8,13-14,16H,9-12H2,1-4H3. The van der Waals surface area contributed by atoms with Crippen LogP contribution in [0.3, 0.4) is 0 Å². The Labute approximate surface area is 139 Å². The first-order chi connectivity index (χ1) is 10.8. The quantitative estimate of drug-likeness (QED) is 0.798. The molecule has 1 saturated heterocycles. The van der Waals surface area contributed by atoms with E-state index in [9.17, 15) is 8.42 Å². The largest absolute Gasteiger partial charge is 0.491 e. The van der Waals surface area contributed by atoms with E-state index in [0.717, 1.165) is 12.8 Å². The number of rotatable bonds is 6. The van der Waals surface area contributed by atoms with Crippen molar-refractivity contribution in [3.8, 4) is 5.75 Å². The summed E-state index contributed by atoms with van der Waals surface area (Å²) in [5, 5.41) is 0. The third-order valence-corrected chi connectivity index (χ3v) is 5.61. The highest BCUT2D eigenvalue weighted by molar-refractivity contribution is 7.89. The molecular weight excluding hydrogens is 314 g/mol. The lowest BCUT2D eigenvalue weighted by molar-refractivity contribution is -0.0168. The van der Waals surface area contributed by atoms with Gasteiger partial charge in [0.15, 0.2) is 0 Å². The van der Waals surface area contributed by atoms with Gasteiger partial charge in [-0.2, -0.15) is 4.31 Å². The van der Waals surface area contributed by atoms with Crippen LogP contribution >= 0.6 is 0 Å². The SMILES string of the molecule is CC(C)Oc1ccc(S(=O)(=O)N2CCC(OC(C)C)CC2)cc1. The molecule has 0 saturated carbocycles. The summed E-state index contributed by atoms with van der Waals surface area (Å²) in [6.07, 6.45) is 1.88. The first-order valence-electron chi connectivity index (χ1n) is 8.21. The van der Waals surface area contributed by atoms with E-state index in [0.29, 0.717) is 23.7 Å². The second kappa shape index (κ2) is 7.64. The lowest BCUT2D eigenvalue weighted by Crippen LogP contribution is -2.41. The molecule has 0 aromatic heterocycles. The summed E-state index contributed by atoms with van der Waals surface area (Å²) >= 11 is 0. The maximum Gasteiger partial charge on any atom is 0.243 e. The Balaban J connectivity index is 2.02. The summed E-state index contributed by atoms with van der Waals surface area (Å²) < 4.78 is 38.3. The van der Waals surface area contributed by atoms with Gasteiger partial charge in [-0.05, 0) is 64.8 Å². The molecule has 2 rings (SSSR count). The Hall–Kier alpha value is -1.11. The Kier molecular flexibility index (Phi) is 6.06. The van der Waals surface area contributed by atoms with E-state index in [1.54, 1.807) is 28.6 Å². The molecule has 23 heavy (non-hydrogen) atoms. The number of ether oxygens (including phenoxy) is 2. The Morgan fingerprint density at radius 3 is 2.04 bits per heavy atom. The van der Waals surface area contributed by atoms with Crippen LogP contribution in [0.2, 0.25) is 0 Å². The zero-order chi connectivity index (χ0) is 17.0. The van der Waals surface area contributed by atoms with Crippen molar-refractivity contribution < 1.29 is 17.9 Å². The first-order valence-corrected chi connectivity index (χ1v) is 9.65. The van der Waals surface area contributed by atoms with E-state index < -0.39 is 10.0 Å². The molecule has 5 nitrogen and oxygen atoms in total. The van der Waals surface area contributed by atoms with Crippen molar-refractivity contribution >= 4 is 10.0 Å². The molecule has 0 unspecified atom stereocenters. The smallest absolute Gasteiger partial charge is 0.243 e. The minimum absolute atomic E-state index is 0.0671. The van der Waals surface area contributed by atoms with Gasteiger partial charge >= 0.3 is 0 Å². The van der Waals surface area contributed by atoms with Crippen molar-refractivity contribution in [3.05, 3.63) is 24.3 Å². The van der Waals surface area contributed by atoms with Gasteiger partial charge in [-0.15, -0.1) is 0 Å². The van der Waals surface area contributed by atoms with Gasteiger partial charge in [0.25, 0.3) is 0 Å². The van der Waals surface area contributed by atoms with Crippen molar-refractivity contribution in [1.29, 1.82) is 0 Å². The molecule has 6 heteroatoms. The maximum atomic E-state index is 12.7. The second-order valence-corrected chi connectivity index (χ2v) is 8.36. The second-order valence-electron chi connectivity index (χ2n) is 6.43. The number of hydrogen-bond acceptors (Lipinski definition) is 4.